The molecule has 0 unspecified atom stereocenters. The molecule has 0 aliphatic heterocycles. The SMILES string of the molecule is COC(=O)CCOCCc1cccc(C#N)c1. The number of benzene rings is 1. The molecule has 0 spiro atoms. The molecule has 0 atom stereocenters. The Morgan fingerprint density at radius 3 is 2.94 bits per heavy atom. The second-order valence-electron chi connectivity index (χ2n) is 3.50. The lowest BCUT2D eigenvalue weighted by molar-refractivity contribution is -0.141. The molecule has 0 saturated heterocycles. The zero-order chi connectivity index (χ0) is 12.5. The fraction of sp³-hybridized carbons (Fsp3) is 0.385. The first kappa shape index (κ1) is 13.2. The Bertz CT molecular complexity index is 409. The maximum Gasteiger partial charge on any atom is 0.307 e. The lowest BCUT2D eigenvalue weighted by Gasteiger charge is -2.04. The van der Waals surface area contributed by atoms with E-state index in [0.717, 1.165) is 12.0 Å². The van der Waals surface area contributed by atoms with Crippen LogP contribution in [0.5, 0.6) is 0 Å². The van der Waals surface area contributed by atoms with Crippen molar-refractivity contribution in [3.63, 3.8) is 0 Å². The van der Waals surface area contributed by atoms with E-state index in [0.29, 0.717) is 18.8 Å². The first-order chi connectivity index (χ1) is 8.26. The average molecular weight is 233 g/mol. The predicted octanol–water partition coefficient (Wildman–Crippen LogP) is 1.68. The van der Waals surface area contributed by atoms with Gasteiger partial charge in [0.1, 0.15) is 0 Å². The third-order valence-electron chi connectivity index (χ3n) is 2.27. The quantitative estimate of drug-likeness (QED) is 0.554. The van der Waals surface area contributed by atoms with E-state index < -0.39 is 0 Å². The highest BCUT2D eigenvalue weighted by Crippen LogP contribution is 2.05. The van der Waals surface area contributed by atoms with Crippen LogP contribution in [0.15, 0.2) is 24.3 Å². The van der Waals surface area contributed by atoms with Gasteiger partial charge in [-0.05, 0) is 24.1 Å². The van der Waals surface area contributed by atoms with Crippen molar-refractivity contribution in [2.24, 2.45) is 0 Å². The van der Waals surface area contributed by atoms with Gasteiger partial charge in [-0.3, -0.25) is 4.79 Å². The minimum Gasteiger partial charge on any atom is -0.469 e. The summed E-state index contributed by atoms with van der Waals surface area (Å²) in [5, 5.41) is 8.73. The zero-order valence-electron chi connectivity index (χ0n) is 9.81. The molecule has 4 heteroatoms. The number of hydrogen-bond acceptors (Lipinski definition) is 4. The van der Waals surface area contributed by atoms with Gasteiger partial charge in [0.05, 0.1) is 38.4 Å². The smallest absolute Gasteiger partial charge is 0.307 e. The van der Waals surface area contributed by atoms with Gasteiger partial charge in [0.25, 0.3) is 0 Å². The van der Waals surface area contributed by atoms with E-state index in [1.54, 1.807) is 6.07 Å². The Kier molecular flexibility index (Phi) is 5.76. The molecule has 0 heterocycles. The summed E-state index contributed by atoms with van der Waals surface area (Å²) in [5.41, 5.74) is 1.71. The Balaban J connectivity index is 2.22. The van der Waals surface area contributed by atoms with Crippen molar-refractivity contribution < 1.29 is 14.3 Å². The van der Waals surface area contributed by atoms with E-state index in [2.05, 4.69) is 10.8 Å². The van der Waals surface area contributed by atoms with Crippen LogP contribution < -0.4 is 0 Å². The fourth-order valence-electron chi connectivity index (χ4n) is 1.35. The lowest BCUT2D eigenvalue weighted by Crippen LogP contribution is -2.07. The van der Waals surface area contributed by atoms with Crippen LogP contribution in [0.1, 0.15) is 17.5 Å². The Morgan fingerprint density at radius 2 is 2.24 bits per heavy atom. The molecule has 0 saturated carbocycles. The van der Waals surface area contributed by atoms with Crippen molar-refractivity contribution in [2.45, 2.75) is 12.8 Å². The van der Waals surface area contributed by atoms with Gasteiger partial charge in [-0.1, -0.05) is 12.1 Å². The molecule has 1 rings (SSSR count). The number of hydrogen-bond donors (Lipinski definition) is 0. The van der Waals surface area contributed by atoms with E-state index in [9.17, 15) is 4.79 Å². The average Bonchev–Trinajstić information content (AvgIpc) is 2.38. The van der Waals surface area contributed by atoms with Gasteiger partial charge in [0.2, 0.25) is 0 Å². The molecule has 1 aromatic rings. The standard InChI is InChI=1S/C13H15NO3/c1-16-13(15)6-8-17-7-5-11-3-2-4-12(9-11)10-14/h2-4,9H,5-8H2,1H3. The van der Waals surface area contributed by atoms with Crippen molar-refractivity contribution in [1.82, 2.24) is 0 Å². The molecule has 0 aromatic heterocycles. The molecular weight excluding hydrogens is 218 g/mol. The summed E-state index contributed by atoms with van der Waals surface area (Å²) in [4.78, 5) is 10.8. The third-order valence-corrected chi connectivity index (χ3v) is 2.27. The third kappa shape index (κ3) is 5.14. The highest BCUT2D eigenvalue weighted by Gasteiger charge is 2.00. The van der Waals surface area contributed by atoms with E-state index in [1.165, 1.54) is 7.11 Å². The highest BCUT2D eigenvalue weighted by molar-refractivity contribution is 5.69. The van der Waals surface area contributed by atoms with Gasteiger partial charge in [0.15, 0.2) is 0 Å². The van der Waals surface area contributed by atoms with Crippen LogP contribution in [-0.2, 0) is 20.7 Å². The van der Waals surface area contributed by atoms with E-state index in [4.69, 9.17) is 10.00 Å². The van der Waals surface area contributed by atoms with Crippen LogP contribution in [0.4, 0.5) is 0 Å². The second-order valence-corrected chi connectivity index (χ2v) is 3.50. The second kappa shape index (κ2) is 7.42. The molecule has 0 aliphatic rings. The van der Waals surface area contributed by atoms with Crippen molar-refractivity contribution in [1.29, 1.82) is 5.26 Å². The van der Waals surface area contributed by atoms with Crippen molar-refractivity contribution in [2.75, 3.05) is 20.3 Å². The molecule has 4 nitrogen and oxygen atoms in total. The number of nitriles is 1. The van der Waals surface area contributed by atoms with Crippen LogP contribution in [0, 0.1) is 11.3 Å². The number of esters is 1. The number of nitrogens with zero attached hydrogens (tertiary/aromatic N) is 1. The summed E-state index contributed by atoms with van der Waals surface area (Å²) in [7, 11) is 1.36. The zero-order valence-corrected chi connectivity index (χ0v) is 9.81. The monoisotopic (exact) mass is 233 g/mol. The largest absolute Gasteiger partial charge is 0.469 e. The van der Waals surface area contributed by atoms with Crippen LogP contribution in [0.25, 0.3) is 0 Å². The molecule has 0 fully saturated rings. The van der Waals surface area contributed by atoms with E-state index in [-0.39, 0.29) is 12.4 Å². The molecule has 17 heavy (non-hydrogen) atoms. The number of ether oxygens (including phenoxy) is 2. The van der Waals surface area contributed by atoms with E-state index >= 15 is 0 Å². The summed E-state index contributed by atoms with van der Waals surface area (Å²) in [6.07, 6.45) is 1.01. The fourth-order valence-corrected chi connectivity index (χ4v) is 1.35. The lowest BCUT2D eigenvalue weighted by atomic mass is 10.1. The Morgan fingerprint density at radius 1 is 1.41 bits per heavy atom. The van der Waals surface area contributed by atoms with Crippen LogP contribution in [-0.4, -0.2) is 26.3 Å². The maximum atomic E-state index is 10.8. The summed E-state index contributed by atoms with van der Waals surface area (Å²) in [5.74, 6) is -0.267. The van der Waals surface area contributed by atoms with Gasteiger partial charge in [-0.15, -0.1) is 0 Å². The van der Waals surface area contributed by atoms with Crippen molar-refractivity contribution in [3.8, 4) is 6.07 Å². The Hall–Kier alpha value is -1.86. The van der Waals surface area contributed by atoms with Crippen LogP contribution >= 0.6 is 0 Å². The van der Waals surface area contributed by atoms with Gasteiger partial charge in [0, 0.05) is 0 Å². The molecule has 90 valence electrons. The molecule has 0 aliphatic carbocycles. The first-order valence-electron chi connectivity index (χ1n) is 5.40. The summed E-state index contributed by atoms with van der Waals surface area (Å²) in [6.45, 7) is 0.899. The normalized spacial score (nSPS) is 9.65. The predicted molar refractivity (Wildman–Crippen MR) is 62.3 cm³/mol. The van der Waals surface area contributed by atoms with E-state index in [1.807, 2.05) is 18.2 Å². The number of methoxy groups -OCH3 is 1. The minimum atomic E-state index is -0.267. The molecule has 0 bridgehead atoms. The summed E-state index contributed by atoms with van der Waals surface area (Å²) >= 11 is 0. The number of rotatable bonds is 6. The van der Waals surface area contributed by atoms with Gasteiger partial charge >= 0.3 is 5.97 Å². The van der Waals surface area contributed by atoms with Crippen molar-refractivity contribution >= 4 is 5.97 Å². The van der Waals surface area contributed by atoms with Crippen molar-refractivity contribution in [3.05, 3.63) is 35.4 Å². The number of carbonyl (C=O) groups is 1. The molecule has 1 aromatic carbocycles. The summed E-state index contributed by atoms with van der Waals surface area (Å²) in [6, 6.07) is 9.49. The van der Waals surface area contributed by atoms with Gasteiger partial charge < -0.3 is 9.47 Å². The maximum absolute atomic E-state index is 10.8. The number of carbonyl (C=O) groups excluding carboxylic acids is 1. The van der Waals surface area contributed by atoms with Crippen LogP contribution in [0.3, 0.4) is 0 Å². The molecule has 0 radical (unpaired) electrons. The molecule has 0 N–H and O–H groups in total. The topological polar surface area (TPSA) is 59.3 Å². The molecular formula is C13H15NO3. The van der Waals surface area contributed by atoms with Crippen LogP contribution in [0.2, 0.25) is 0 Å². The Labute approximate surface area is 101 Å². The van der Waals surface area contributed by atoms with Gasteiger partial charge in [-0.2, -0.15) is 5.26 Å². The summed E-state index contributed by atoms with van der Waals surface area (Å²) < 4.78 is 9.79. The minimum absolute atomic E-state index is 0.267. The highest BCUT2D eigenvalue weighted by atomic mass is 16.5. The van der Waals surface area contributed by atoms with Gasteiger partial charge in [-0.25, -0.2) is 0 Å². The molecule has 0 amide bonds. The first-order valence-corrected chi connectivity index (χ1v) is 5.40.